The molecule has 0 aliphatic carbocycles. The van der Waals surface area contributed by atoms with Crippen molar-refractivity contribution in [1.82, 2.24) is 10.3 Å². The molecule has 2 aromatic heterocycles. The summed E-state index contributed by atoms with van der Waals surface area (Å²) in [5, 5.41) is 13.8. The highest BCUT2D eigenvalue weighted by Crippen LogP contribution is 2.31. The Balaban J connectivity index is 0.000000311. The van der Waals surface area contributed by atoms with Crippen LogP contribution in [-0.4, -0.2) is 55.5 Å². The molecule has 13 nitrogen and oxygen atoms in total. The van der Waals surface area contributed by atoms with Gasteiger partial charge < -0.3 is 43.5 Å². The average molecular weight is 808 g/mol. The van der Waals surface area contributed by atoms with Gasteiger partial charge in [0.2, 0.25) is 0 Å². The van der Waals surface area contributed by atoms with Gasteiger partial charge >= 0.3 is 0 Å². The van der Waals surface area contributed by atoms with E-state index in [1.807, 2.05) is 97.0 Å². The van der Waals surface area contributed by atoms with Crippen molar-refractivity contribution in [2.24, 2.45) is 0 Å². The number of hydrogen-bond donors (Lipinski definition) is 2. The molecule has 1 saturated heterocycles. The van der Waals surface area contributed by atoms with Crippen LogP contribution in [0.15, 0.2) is 100 Å². The summed E-state index contributed by atoms with van der Waals surface area (Å²) in [6.45, 7) is 17.0. The number of rotatable bonds is 12. The summed E-state index contributed by atoms with van der Waals surface area (Å²) in [6.07, 6.45) is 0. The molecule has 1 aliphatic heterocycles. The highest BCUT2D eigenvalue weighted by molar-refractivity contribution is 6.06. The van der Waals surface area contributed by atoms with Gasteiger partial charge in [-0.2, -0.15) is 0 Å². The fraction of sp³-hybridized carbons (Fsp3) is 0.304. The summed E-state index contributed by atoms with van der Waals surface area (Å²) >= 11 is 0. The number of carbonyl (C=O) groups is 2. The first-order chi connectivity index (χ1) is 28.6. The lowest BCUT2D eigenvalue weighted by Crippen LogP contribution is -2.36. The number of nitrogens with zero attached hydrogens (tertiary/aromatic N) is 3. The number of anilines is 3. The fourth-order valence-corrected chi connectivity index (χ4v) is 6.11. The minimum absolute atomic E-state index is 0. The first-order valence-corrected chi connectivity index (χ1v) is 19.6. The maximum atomic E-state index is 13.0. The molecule has 6 aromatic rings. The molecule has 7 rings (SSSR count). The van der Waals surface area contributed by atoms with Gasteiger partial charge in [0, 0.05) is 32.8 Å². The Morgan fingerprint density at radius 2 is 1.22 bits per heavy atom. The van der Waals surface area contributed by atoms with Crippen LogP contribution >= 0.6 is 0 Å². The van der Waals surface area contributed by atoms with E-state index in [0.29, 0.717) is 54.8 Å². The molecule has 4 aromatic carbocycles. The molecular weight excluding hydrogens is 751 g/mol. The number of aryl methyl sites for hydroxylation is 5. The second-order valence-corrected chi connectivity index (χ2v) is 13.4. The molecule has 0 spiro atoms. The van der Waals surface area contributed by atoms with Crippen LogP contribution in [0.3, 0.4) is 0 Å². The van der Waals surface area contributed by atoms with Gasteiger partial charge in [-0.05, 0) is 101 Å². The Morgan fingerprint density at radius 1 is 0.678 bits per heavy atom. The molecule has 59 heavy (non-hydrogen) atoms. The van der Waals surface area contributed by atoms with E-state index in [1.165, 1.54) is 0 Å². The summed E-state index contributed by atoms with van der Waals surface area (Å²) in [7, 11) is 1.55. The lowest BCUT2D eigenvalue weighted by Gasteiger charge is -2.30. The predicted octanol–water partition coefficient (Wildman–Crippen LogP) is 9.92. The van der Waals surface area contributed by atoms with Gasteiger partial charge in [-0.15, -0.1) is 0 Å². The molecule has 2 amide bonds. The Morgan fingerprint density at radius 3 is 1.81 bits per heavy atom. The van der Waals surface area contributed by atoms with Crippen LogP contribution in [0.4, 0.5) is 17.1 Å². The minimum Gasteiger partial charge on any atom is -0.493 e. The number of hydrogen-bond acceptors (Lipinski definition) is 11. The zero-order valence-corrected chi connectivity index (χ0v) is 35.0. The Hall–Kier alpha value is -6.60. The summed E-state index contributed by atoms with van der Waals surface area (Å²) in [4.78, 5) is 27.5. The third-order valence-corrected chi connectivity index (χ3v) is 9.56. The molecule has 13 heteroatoms. The van der Waals surface area contributed by atoms with Crippen LogP contribution in [0.5, 0.6) is 17.2 Å². The number of aromatic nitrogens is 2. The number of morpholine rings is 1. The topological polar surface area (TPSA) is 150 Å². The number of carbonyl (C=O) groups excluding carboxylic acids is 2. The molecule has 314 valence electrons. The SMILES string of the molecule is CC.COc1cc(C(=O)Nc2ccccc2N2CCOCC2)ccc1OCc1c(C)noc1C.Cc1ccccc1NC(=O)c1ccc(OCc2c(C)noc2C)cc1.[HH].[HH]. The highest BCUT2D eigenvalue weighted by atomic mass is 16.5. The van der Waals surface area contributed by atoms with Crippen molar-refractivity contribution in [2.45, 2.75) is 61.7 Å². The quantitative estimate of drug-likeness (QED) is 0.122. The zero-order chi connectivity index (χ0) is 42.3. The van der Waals surface area contributed by atoms with Crippen molar-refractivity contribution in [3.05, 3.63) is 142 Å². The van der Waals surface area contributed by atoms with Crippen LogP contribution in [-0.2, 0) is 18.0 Å². The molecule has 2 N–H and O–H groups in total. The molecule has 0 unspecified atom stereocenters. The first-order valence-electron chi connectivity index (χ1n) is 19.6. The predicted molar refractivity (Wildman–Crippen MR) is 232 cm³/mol. The van der Waals surface area contributed by atoms with Crippen molar-refractivity contribution in [3.63, 3.8) is 0 Å². The third-order valence-electron chi connectivity index (χ3n) is 9.56. The lowest BCUT2D eigenvalue weighted by molar-refractivity contribution is 0.101. The maximum Gasteiger partial charge on any atom is 0.255 e. The van der Waals surface area contributed by atoms with Crippen molar-refractivity contribution < 1.29 is 40.4 Å². The van der Waals surface area contributed by atoms with Crippen LogP contribution in [0.1, 0.15) is 77.0 Å². The van der Waals surface area contributed by atoms with E-state index in [1.54, 1.807) is 49.6 Å². The number of para-hydroxylation sites is 3. The summed E-state index contributed by atoms with van der Waals surface area (Å²) < 4.78 is 32.9. The van der Waals surface area contributed by atoms with E-state index >= 15 is 0 Å². The van der Waals surface area contributed by atoms with Crippen LogP contribution in [0.25, 0.3) is 0 Å². The van der Waals surface area contributed by atoms with Gasteiger partial charge in [0.1, 0.15) is 30.5 Å². The number of ether oxygens (including phenoxy) is 4. The first kappa shape index (κ1) is 43.5. The molecule has 0 saturated carbocycles. The summed E-state index contributed by atoms with van der Waals surface area (Å²) in [6, 6.07) is 27.7. The maximum absolute atomic E-state index is 13.0. The largest absolute Gasteiger partial charge is 0.493 e. The van der Waals surface area contributed by atoms with E-state index in [9.17, 15) is 9.59 Å². The number of benzene rings is 4. The zero-order valence-electron chi connectivity index (χ0n) is 35.0. The second kappa shape index (κ2) is 21.2. The fourth-order valence-electron chi connectivity index (χ4n) is 6.11. The lowest BCUT2D eigenvalue weighted by atomic mass is 10.1. The number of methoxy groups -OCH3 is 1. The Labute approximate surface area is 348 Å². The van der Waals surface area contributed by atoms with E-state index in [0.717, 1.165) is 69.8 Å². The highest BCUT2D eigenvalue weighted by Gasteiger charge is 2.19. The van der Waals surface area contributed by atoms with E-state index in [2.05, 4.69) is 25.8 Å². The molecule has 0 atom stereocenters. The monoisotopic (exact) mass is 807 g/mol. The van der Waals surface area contributed by atoms with Crippen LogP contribution in [0.2, 0.25) is 0 Å². The summed E-state index contributed by atoms with van der Waals surface area (Å²) in [5.41, 5.74) is 8.09. The number of nitrogens with one attached hydrogen (secondary N) is 2. The Bertz CT molecular complexity index is 2270. The van der Waals surface area contributed by atoms with Crippen molar-refractivity contribution in [1.29, 1.82) is 0 Å². The molecule has 1 fully saturated rings. The van der Waals surface area contributed by atoms with Crippen molar-refractivity contribution >= 4 is 28.9 Å². The normalized spacial score (nSPS) is 12.0. The van der Waals surface area contributed by atoms with Gasteiger partial charge in [0.05, 0.1) is 54.2 Å². The minimum atomic E-state index is -0.221. The molecule has 0 radical (unpaired) electrons. The smallest absolute Gasteiger partial charge is 0.255 e. The number of amides is 2. The van der Waals surface area contributed by atoms with Crippen molar-refractivity contribution in [3.8, 4) is 17.2 Å². The van der Waals surface area contributed by atoms with Crippen LogP contribution in [0, 0.1) is 34.6 Å². The van der Waals surface area contributed by atoms with Gasteiger partial charge in [0.15, 0.2) is 11.5 Å². The average Bonchev–Trinajstić information content (AvgIpc) is 3.77. The van der Waals surface area contributed by atoms with Gasteiger partial charge in [-0.1, -0.05) is 54.5 Å². The van der Waals surface area contributed by atoms with Crippen molar-refractivity contribution in [2.75, 3.05) is 48.9 Å². The summed E-state index contributed by atoms with van der Waals surface area (Å²) in [5.74, 6) is 2.81. The molecular formula is C46H57N5O8. The standard InChI is InChI=1S/C24H27N3O5.C20H20N2O3.C2H6.2H2/c1-16-19(17(2)32-26-16)15-31-22-9-8-18(14-23(22)29-3)24(28)25-20-6-4-5-7-21(20)27-10-12-30-13-11-27;1-13-6-4-5-7-19(13)21-20(23)16-8-10-17(11-9-16)24-12-18-14(2)22-25-15(18)3;1-2;;/h4-9,14H,10-13,15H2,1-3H3,(H,25,28);4-11H,12H2,1-3H3,(H,21,23);1-2H3;2*1H. The van der Waals surface area contributed by atoms with E-state index in [4.69, 9.17) is 28.0 Å². The molecule has 0 bridgehead atoms. The Kier molecular flexibility index (Phi) is 15.7. The second-order valence-electron chi connectivity index (χ2n) is 13.4. The van der Waals surface area contributed by atoms with Gasteiger partial charge in [0.25, 0.3) is 11.8 Å². The van der Waals surface area contributed by atoms with Crippen LogP contribution < -0.4 is 29.7 Å². The third kappa shape index (κ3) is 11.5. The van der Waals surface area contributed by atoms with Gasteiger partial charge in [-0.25, -0.2) is 0 Å². The van der Waals surface area contributed by atoms with E-state index < -0.39 is 0 Å². The van der Waals surface area contributed by atoms with Gasteiger partial charge in [-0.3, -0.25) is 9.59 Å². The van der Waals surface area contributed by atoms with E-state index in [-0.39, 0.29) is 14.7 Å². The molecule has 3 heterocycles. The molecule has 1 aliphatic rings.